The van der Waals surface area contributed by atoms with Gasteiger partial charge in [-0.25, -0.2) is 28.5 Å². The number of benzene rings is 2. The van der Waals surface area contributed by atoms with Crippen molar-refractivity contribution in [2.24, 2.45) is 0 Å². The van der Waals surface area contributed by atoms with Gasteiger partial charge < -0.3 is 21.1 Å². The Kier molecular flexibility index (Phi) is 6.63. The number of alkyl halides is 3. The van der Waals surface area contributed by atoms with Gasteiger partial charge in [-0.15, -0.1) is 0 Å². The van der Waals surface area contributed by atoms with Crippen molar-refractivity contribution in [2.45, 2.75) is 6.18 Å². The first-order chi connectivity index (χ1) is 17.1. The topological polar surface area (TPSA) is 115 Å². The van der Waals surface area contributed by atoms with Crippen LogP contribution in [0.2, 0.25) is 0 Å². The van der Waals surface area contributed by atoms with Gasteiger partial charge in [0, 0.05) is 11.3 Å². The molecule has 0 aliphatic heterocycles. The van der Waals surface area contributed by atoms with Crippen molar-refractivity contribution in [3.05, 3.63) is 84.3 Å². The zero-order valence-corrected chi connectivity index (χ0v) is 18.0. The standard InChI is InChI=1S/C23H15F5N6O2/c24-14-5-13(23(26,27)28)6-16(7-14)33-21(35)34-17-10-31-22(32-11-17)36-18-3-1-12(2-4-18)19-8-15(25)9-30-20(19)29/h1-11H,(H2,29,30)(H2,33,34,35). The predicted octanol–water partition coefficient (Wildman–Crippen LogP) is 5.85. The largest absolute Gasteiger partial charge is 0.424 e. The lowest BCUT2D eigenvalue weighted by Crippen LogP contribution is -2.20. The zero-order valence-electron chi connectivity index (χ0n) is 18.0. The molecule has 0 fully saturated rings. The molecule has 0 atom stereocenters. The number of nitrogens with zero attached hydrogens (tertiary/aromatic N) is 3. The molecule has 0 bridgehead atoms. The van der Waals surface area contributed by atoms with Gasteiger partial charge in [0.1, 0.15) is 23.2 Å². The summed E-state index contributed by atoms with van der Waals surface area (Å²) < 4.78 is 70.9. The highest BCUT2D eigenvalue weighted by molar-refractivity contribution is 5.99. The average Bonchev–Trinajstić information content (AvgIpc) is 2.81. The molecule has 0 aliphatic carbocycles. The van der Waals surface area contributed by atoms with E-state index in [0.29, 0.717) is 29.0 Å². The van der Waals surface area contributed by atoms with Crippen molar-refractivity contribution >= 4 is 23.2 Å². The Morgan fingerprint density at radius 2 is 1.50 bits per heavy atom. The number of nitrogens with two attached hydrogens (primary N) is 1. The van der Waals surface area contributed by atoms with Gasteiger partial charge in [-0.3, -0.25) is 0 Å². The second-order valence-electron chi connectivity index (χ2n) is 7.27. The van der Waals surface area contributed by atoms with Crippen molar-refractivity contribution in [2.75, 3.05) is 16.4 Å². The minimum atomic E-state index is -4.77. The summed E-state index contributed by atoms with van der Waals surface area (Å²) in [6, 6.07) is 8.34. The predicted molar refractivity (Wildman–Crippen MR) is 120 cm³/mol. The summed E-state index contributed by atoms with van der Waals surface area (Å²) in [4.78, 5) is 23.7. The molecule has 0 unspecified atom stereocenters. The van der Waals surface area contributed by atoms with E-state index in [4.69, 9.17) is 10.5 Å². The molecular weight excluding hydrogens is 487 g/mol. The first-order valence-electron chi connectivity index (χ1n) is 10.0. The number of hydrogen-bond acceptors (Lipinski definition) is 6. The van der Waals surface area contributed by atoms with E-state index in [0.717, 1.165) is 12.3 Å². The quantitative estimate of drug-likeness (QED) is 0.295. The summed E-state index contributed by atoms with van der Waals surface area (Å²) in [5, 5.41) is 4.42. The van der Waals surface area contributed by atoms with E-state index >= 15 is 0 Å². The highest BCUT2D eigenvalue weighted by Crippen LogP contribution is 2.32. The van der Waals surface area contributed by atoms with Crippen molar-refractivity contribution in [3.8, 4) is 22.9 Å². The number of aromatic nitrogens is 3. The summed E-state index contributed by atoms with van der Waals surface area (Å²) in [5.74, 6) is -1.17. The molecule has 2 aromatic carbocycles. The zero-order chi connectivity index (χ0) is 25.9. The van der Waals surface area contributed by atoms with Gasteiger partial charge in [-0.1, -0.05) is 12.1 Å². The summed E-state index contributed by atoms with van der Waals surface area (Å²) in [5.41, 5.74) is 5.27. The van der Waals surface area contributed by atoms with Crippen molar-refractivity contribution in [1.29, 1.82) is 0 Å². The Morgan fingerprint density at radius 1 is 0.833 bits per heavy atom. The molecule has 0 spiro atoms. The second kappa shape index (κ2) is 9.82. The van der Waals surface area contributed by atoms with Gasteiger partial charge >= 0.3 is 18.2 Å². The molecule has 4 aromatic rings. The number of carbonyl (C=O) groups excluding carboxylic acids is 1. The fourth-order valence-corrected chi connectivity index (χ4v) is 3.04. The molecule has 36 heavy (non-hydrogen) atoms. The molecule has 4 rings (SSSR count). The number of rotatable bonds is 5. The summed E-state index contributed by atoms with van der Waals surface area (Å²) in [6.07, 6.45) is -1.37. The number of anilines is 3. The Labute approximate surface area is 200 Å². The highest BCUT2D eigenvalue weighted by Gasteiger charge is 2.31. The number of hydrogen-bond donors (Lipinski definition) is 3. The van der Waals surface area contributed by atoms with E-state index in [9.17, 15) is 26.7 Å². The monoisotopic (exact) mass is 502 g/mol. The molecule has 2 aromatic heterocycles. The molecule has 184 valence electrons. The Balaban J connectivity index is 1.37. The van der Waals surface area contributed by atoms with Gasteiger partial charge in [-0.05, 0) is 42.0 Å². The van der Waals surface area contributed by atoms with E-state index < -0.39 is 29.4 Å². The van der Waals surface area contributed by atoms with Crippen molar-refractivity contribution < 1.29 is 31.5 Å². The molecule has 8 nitrogen and oxygen atoms in total. The molecule has 0 aliphatic rings. The first kappa shape index (κ1) is 24.3. The number of nitrogen functional groups attached to an aromatic ring is 1. The lowest BCUT2D eigenvalue weighted by molar-refractivity contribution is -0.137. The fraction of sp³-hybridized carbons (Fsp3) is 0.0435. The third kappa shape index (κ3) is 6.00. The van der Waals surface area contributed by atoms with Crippen LogP contribution in [-0.2, 0) is 6.18 Å². The van der Waals surface area contributed by atoms with Gasteiger partial charge in [0.15, 0.2) is 0 Å². The van der Waals surface area contributed by atoms with Gasteiger partial charge in [0.25, 0.3) is 0 Å². The molecule has 2 heterocycles. The van der Waals surface area contributed by atoms with Gasteiger partial charge in [0.05, 0.1) is 29.8 Å². The van der Waals surface area contributed by atoms with Crippen LogP contribution in [0.4, 0.5) is 43.9 Å². The van der Waals surface area contributed by atoms with Crippen LogP contribution in [-0.4, -0.2) is 21.0 Å². The van der Waals surface area contributed by atoms with E-state index in [2.05, 4.69) is 25.6 Å². The molecule has 13 heteroatoms. The number of nitrogens with one attached hydrogen (secondary N) is 2. The summed E-state index contributed by atoms with van der Waals surface area (Å²) in [6.45, 7) is 0. The van der Waals surface area contributed by atoms with Crippen LogP contribution >= 0.6 is 0 Å². The molecule has 2 amide bonds. The van der Waals surface area contributed by atoms with Crippen molar-refractivity contribution in [1.82, 2.24) is 15.0 Å². The molecule has 0 saturated carbocycles. The van der Waals surface area contributed by atoms with Crippen LogP contribution in [0.15, 0.2) is 67.1 Å². The van der Waals surface area contributed by atoms with Crippen LogP contribution < -0.4 is 21.1 Å². The van der Waals surface area contributed by atoms with Gasteiger partial charge in [-0.2, -0.15) is 13.2 Å². The number of pyridine rings is 1. The number of halogens is 5. The number of carbonyl (C=O) groups is 1. The Morgan fingerprint density at radius 3 is 2.17 bits per heavy atom. The minimum Gasteiger partial charge on any atom is -0.424 e. The highest BCUT2D eigenvalue weighted by atomic mass is 19.4. The summed E-state index contributed by atoms with van der Waals surface area (Å²) in [7, 11) is 0. The van der Waals surface area contributed by atoms with Crippen LogP contribution in [0.25, 0.3) is 11.1 Å². The van der Waals surface area contributed by atoms with Crippen LogP contribution in [0.3, 0.4) is 0 Å². The van der Waals surface area contributed by atoms with Crippen LogP contribution in [0.5, 0.6) is 11.8 Å². The first-order valence-corrected chi connectivity index (χ1v) is 10.0. The molecule has 4 N–H and O–H groups in total. The van der Waals surface area contributed by atoms with Crippen molar-refractivity contribution in [3.63, 3.8) is 0 Å². The lowest BCUT2D eigenvalue weighted by Gasteiger charge is -2.11. The SMILES string of the molecule is Nc1ncc(F)cc1-c1ccc(Oc2ncc(NC(=O)Nc3cc(F)cc(C(F)(F)F)c3)cn2)cc1. The maximum absolute atomic E-state index is 13.5. The number of ether oxygens (including phenoxy) is 1. The average molecular weight is 502 g/mol. The van der Waals surface area contributed by atoms with Gasteiger partial charge in [0.2, 0.25) is 0 Å². The Hall–Kier alpha value is -4.81. The third-order valence-electron chi connectivity index (χ3n) is 4.63. The van der Waals surface area contributed by atoms with E-state index in [-0.39, 0.29) is 23.2 Å². The van der Waals surface area contributed by atoms with E-state index in [1.807, 2.05) is 0 Å². The van der Waals surface area contributed by atoms with E-state index in [1.165, 1.54) is 18.5 Å². The van der Waals surface area contributed by atoms with Crippen LogP contribution in [0.1, 0.15) is 5.56 Å². The van der Waals surface area contributed by atoms with Crippen LogP contribution in [0, 0.1) is 11.6 Å². The third-order valence-corrected chi connectivity index (χ3v) is 4.63. The fourth-order valence-electron chi connectivity index (χ4n) is 3.04. The Bertz CT molecular complexity index is 1400. The second-order valence-corrected chi connectivity index (χ2v) is 7.27. The maximum Gasteiger partial charge on any atom is 0.416 e. The normalized spacial score (nSPS) is 11.1. The smallest absolute Gasteiger partial charge is 0.416 e. The summed E-state index contributed by atoms with van der Waals surface area (Å²) >= 11 is 0. The minimum absolute atomic E-state index is 0.0689. The number of amides is 2. The number of urea groups is 1. The van der Waals surface area contributed by atoms with E-state index in [1.54, 1.807) is 24.3 Å². The lowest BCUT2D eigenvalue weighted by atomic mass is 10.1. The maximum atomic E-state index is 13.5. The molecule has 0 saturated heterocycles. The molecular formula is C23H15F5N6O2. The molecule has 0 radical (unpaired) electrons.